The Balaban J connectivity index is 2.26. The number of amides is 1. The number of aromatic hydroxyl groups is 1. The standard InChI is InChI=1S/C17H18FNO2/c1-3-19(12(2)14-5-4-6-16(20)11-14)17(21)13-7-9-15(18)10-8-13/h4-12,20H,3H2,1-2H3. The third kappa shape index (κ3) is 3.40. The molecule has 0 aliphatic heterocycles. The molecule has 0 bridgehead atoms. The fourth-order valence-electron chi connectivity index (χ4n) is 2.32. The van der Waals surface area contributed by atoms with Gasteiger partial charge >= 0.3 is 0 Å². The second-order valence-electron chi connectivity index (χ2n) is 4.87. The second kappa shape index (κ2) is 6.39. The van der Waals surface area contributed by atoms with E-state index in [2.05, 4.69) is 0 Å². The average molecular weight is 287 g/mol. The Hall–Kier alpha value is -2.36. The predicted molar refractivity (Wildman–Crippen MR) is 79.6 cm³/mol. The van der Waals surface area contributed by atoms with Crippen LogP contribution in [0.4, 0.5) is 4.39 Å². The van der Waals surface area contributed by atoms with Gasteiger partial charge in [0.25, 0.3) is 5.91 Å². The average Bonchev–Trinajstić information content (AvgIpc) is 2.48. The Kier molecular flexibility index (Phi) is 4.58. The molecule has 2 aromatic rings. The van der Waals surface area contributed by atoms with Gasteiger partial charge in [-0.1, -0.05) is 12.1 Å². The number of halogens is 1. The summed E-state index contributed by atoms with van der Waals surface area (Å²) in [5.41, 5.74) is 1.30. The van der Waals surface area contributed by atoms with Crippen molar-refractivity contribution in [2.24, 2.45) is 0 Å². The van der Waals surface area contributed by atoms with Crippen LogP contribution in [-0.2, 0) is 0 Å². The van der Waals surface area contributed by atoms with Crippen LogP contribution in [0.5, 0.6) is 5.75 Å². The van der Waals surface area contributed by atoms with E-state index >= 15 is 0 Å². The van der Waals surface area contributed by atoms with E-state index < -0.39 is 0 Å². The zero-order valence-electron chi connectivity index (χ0n) is 12.1. The van der Waals surface area contributed by atoms with Gasteiger partial charge in [0.1, 0.15) is 11.6 Å². The highest BCUT2D eigenvalue weighted by Gasteiger charge is 2.21. The van der Waals surface area contributed by atoms with Crippen molar-refractivity contribution in [1.29, 1.82) is 0 Å². The van der Waals surface area contributed by atoms with E-state index in [4.69, 9.17) is 0 Å². The Labute approximate surface area is 123 Å². The van der Waals surface area contributed by atoms with E-state index in [1.165, 1.54) is 24.3 Å². The molecule has 0 spiro atoms. The van der Waals surface area contributed by atoms with Crippen molar-refractivity contribution in [1.82, 2.24) is 4.90 Å². The lowest BCUT2D eigenvalue weighted by atomic mass is 10.1. The Morgan fingerprint density at radius 3 is 2.48 bits per heavy atom. The van der Waals surface area contributed by atoms with Crippen LogP contribution in [0.25, 0.3) is 0 Å². The van der Waals surface area contributed by atoms with Gasteiger partial charge in [0.15, 0.2) is 0 Å². The zero-order valence-corrected chi connectivity index (χ0v) is 12.1. The number of carbonyl (C=O) groups excluding carboxylic acids is 1. The molecule has 21 heavy (non-hydrogen) atoms. The van der Waals surface area contributed by atoms with Crippen LogP contribution in [-0.4, -0.2) is 22.5 Å². The van der Waals surface area contributed by atoms with Crippen molar-refractivity contribution >= 4 is 5.91 Å². The molecule has 2 rings (SSSR count). The van der Waals surface area contributed by atoms with Crippen molar-refractivity contribution in [3.63, 3.8) is 0 Å². The van der Waals surface area contributed by atoms with Crippen molar-refractivity contribution in [2.45, 2.75) is 19.9 Å². The molecule has 0 fully saturated rings. The highest BCUT2D eigenvalue weighted by atomic mass is 19.1. The van der Waals surface area contributed by atoms with Gasteiger partial charge in [-0.2, -0.15) is 0 Å². The van der Waals surface area contributed by atoms with Crippen molar-refractivity contribution < 1.29 is 14.3 Å². The van der Waals surface area contributed by atoms with E-state index in [9.17, 15) is 14.3 Å². The van der Waals surface area contributed by atoms with Crippen LogP contribution in [0.2, 0.25) is 0 Å². The summed E-state index contributed by atoms with van der Waals surface area (Å²) < 4.78 is 12.9. The Bertz CT molecular complexity index is 625. The number of carbonyl (C=O) groups is 1. The van der Waals surface area contributed by atoms with Gasteiger partial charge < -0.3 is 10.0 Å². The molecule has 0 saturated carbocycles. The number of nitrogens with zero attached hydrogens (tertiary/aromatic N) is 1. The third-order valence-corrected chi connectivity index (χ3v) is 3.51. The van der Waals surface area contributed by atoms with Gasteiger partial charge in [0.05, 0.1) is 6.04 Å². The van der Waals surface area contributed by atoms with Crippen LogP contribution in [0, 0.1) is 5.82 Å². The van der Waals surface area contributed by atoms with Crippen LogP contribution < -0.4 is 0 Å². The molecule has 1 atom stereocenters. The molecule has 0 aliphatic rings. The molecular formula is C17H18FNO2. The highest BCUT2D eigenvalue weighted by molar-refractivity contribution is 5.94. The molecule has 0 aromatic heterocycles. The molecule has 1 N–H and O–H groups in total. The molecular weight excluding hydrogens is 269 g/mol. The number of hydrogen-bond acceptors (Lipinski definition) is 2. The molecule has 110 valence electrons. The number of benzene rings is 2. The van der Waals surface area contributed by atoms with E-state index in [1.807, 2.05) is 19.9 Å². The van der Waals surface area contributed by atoms with E-state index in [-0.39, 0.29) is 23.5 Å². The van der Waals surface area contributed by atoms with Gasteiger partial charge in [0.2, 0.25) is 0 Å². The fourth-order valence-corrected chi connectivity index (χ4v) is 2.32. The molecule has 3 nitrogen and oxygen atoms in total. The van der Waals surface area contributed by atoms with Crippen LogP contribution >= 0.6 is 0 Å². The minimum Gasteiger partial charge on any atom is -0.508 e. The van der Waals surface area contributed by atoms with Crippen molar-refractivity contribution in [3.8, 4) is 5.75 Å². The summed E-state index contributed by atoms with van der Waals surface area (Å²) in [5, 5.41) is 9.56. The third-order valence-electron chi connectivity index (χ3n) is 3.51. The molecule has 2 aromatic carbocycles. The number of phenolic OH excluding ortho intramolecular Hbond substituents is 1. The molecule has 0 saturated heterocycles. The van der Waals surface area contributed by atoms with Gasteiger partial charge in [-0.15, -0.1) is 0 Å². The lowest BCUT2D eigenvalue weighted by Gasteiger charge is -2.28. The summed E-state index contributed by atoms with van der Waals surface area (Å²) in [7, 11) is 0. The number of hydrogen-bond donors (Lipinski definition) is 1. The molecule has 0 radical (unpaired) electrons. The smallest absolute Gasteiger partial charge is 0.254 e. The monoisotopic (exact) mass is 287 g/mol. The normalized spacial score (nSPS) is 12.0. The van der Waals surface area contributed by atoms with Gasteiger partial charge in [-0.05, 0) is 55.8 Å². The Morgan fingerprint density at radius 1 is 1.24 bits per heavy atom. The maximum atomic E-state index is 12.9. The summed E-state index contributed by atoms with van der Waals surface area (Å²) in [6.07, 6.45) is 0. The van der Waals surface area contributed by atoms with Crippen molar-refractivity contribution in [3.05, 3.63) is 65.5 Å². The summed E-state index contributed by atoms with van der Waals surface area (Å²) in [5.74, 6) is -0.353. The van der Waals surface area contributed by atoms with Gasteiger partial charge in [-0.3, -0.25) is 4.79 Å². The lowest BCUT2D eigenvalue weighted by molar-refractivity contribution is 0.0702. The largest absolute Gasteiger partial charge is 0.508 e. The Morgan fingerprint density at radius 2 is 1.90 bits per heavy atom. The minimum atomic E-state index is -0.365. The first-order valence-corrected chi connectivity index (χ1v) is 6.88. The summed E-state index contributed by atoms with van der Waals surface area (Å²) in [4.78, 5) is 14.2. The summed E-state index contributed by atoms with van der Waals surface area (Å²) >= 11 is 0. The molecule has 4 heteroatoms. The zero-order chi connectivity index (χ0) is 15.4. The van der Waals surface area contributed by atoms with Crippen LogP contribution in [0.3, 0.4) is 0 Å². The van der Waals surface area contributed by atoms with Crippen LogP contribution in [0.15, 0.2) is 48.5 Å². The van der Waals surface area contributed by atoms with E-state index in [0.717, 1.165) is 5.56 Å². The predicted octanol–water partition coefficient (Wildman–Crippen LogP) is 3.75. The first-order valence-electron chi connectivity index (χ1n) is 6.88. The quantitative estimate of drug-likeness (QED) is 0.930. The van der Waals surface area contributed by atoms with E-state index in [0.29, 0.717) is 12.1 Å². The van der Waals surface area contributed by atoms with Gasteiger partial charge in [0, 0.05) is 12.1 Å². The maximum Gasteiger partial charge on any atom is 0.254 e. The topological polar surface area (TPSA) is 40.5 Å². The minimum absolute atomic E-state index is 0.159. The number of rotatable bonds is 4. The van der Waals surface area contributed by atoms with Crippen molar-refractivity contribution in [2.75, 3.05) is 6.54 Å². The molecule has 1 amide bonds. The highest BCUT2D eigenvalue weighted by Crippen LogP contribution is 2.24. The van der Waals surface area contributed by atoms with Crippen LogP contribution in [0.1, 0.15) is 35.8 Å². The van der Waals surface area contributed by atoms with E-state index in [1.54, 1.807) is 23.1 Å². The number of phenols is 1. The first kappa shape index (κ1) is 15.0. The molecule has 1 unspecified atom stereocenters. The lowest BCUT2D eigenvalue weighted by Crippen LogP contribution is -2.33. The summed E-state index contributed by atoms with van der Waals surface area (Å²) in [6.45, 7) is 4.31. The maximum absolute atomic E-state index is 12.9. The first-order chi connectivity index (χ1) is 10.0. The fraction of sp³-hybridized carbons (Fsp3) is 0.235. The SMILES string of the molecule is CCN(C(=O)c1ccc(F)cc1)C(C)c1cccc(O)c1. The molecule has 0 heterocycles. The second-order valence-corrected chi connectivity index (χ2v) is 4.87. The summed E-state index contributed by atoms with van der Waals surface area (Å²) in [6, 6.07) is 12.2. The molecule has 0 aliphatic carbocycles. The van der Waals surface area contributed by atoms with Gasteiger partial charge in [-0.25, -0.2) is 4.39 Å².